The average molecular weight is 260 g/mol. The highest BCUT2D eigenvalue weighted by atomic mass is 16.5. The second-order valence-corrected chi connectivity index (χ2v) is 6.41. The first kappa shape index (κ1) is 17.4. The number of hydrogen-bond acceptors (Lipinski definition) is 4. The van der Waals surface area contributed by atoms with Crippen molar-refractivity contribution in [3.05, 3.63) is 0 Å². The molecule has 4 heteroatoms. The molecule has 2 N–H and O–H groups in total. The average Bonchev–Trinajstić information content (AvgIpc) is 2.31. The molecule has 0 saturated heterocycles. The zero-order valence-electron chi connectivity index (χ0n) is 12.3. The second-order valence-electron chi connectivity index (χ2n) is 6.41. The Bertz CT molecular complexity index is 257. The van der Waals surface area contributed by atoms with E-state index in [1.54, 1.807) is 0 Å². The van der Waals surface area contributed by atoms with Crippen LogP contribution in [0, 0.1) is 10.8 Å². The zero-order chi connectivity index (χ0) is 14.4. The van der Waals surface area contributed by atoms with Crippen molar-refractivity contribution in [3.8, 4) is 0 Å². The van der Waals surface area contributed by atoms with E-state index < -0.39 is 18.1 Å². The molecule has 2 atom stereocenters. The van der Waals surface area contributed by atoms with E-state index in [1.807, 2.05) is 13.8 Å². The fourth-order valence-corrected chi connectivity index (χ4v) is 1.47. The Kier molecular flexibility index (Phi) is 6.86. The minimum atomic E-state index is -0.988. The number of carbonyl (C=O) groups excluding carboxylic acids is 1. The van der Waals surface area contributed by atoms with Crippen molar-refractivity contribution in [2.24, 2.45) is 10.8 Å². The summed E-state index contributed by atoms with van der Waals surface area (Å²) in [6, 6.07) is 0. The Labute approximate surface area is 110 Å². The molecule has 0 spiro atoms. The SMILES string of the molecule is CCC(C)(CCC(C)(C)C)C(=O)OCC(O)CO. The monoisotopic (exact) mass is 260 g/mol. The highest BCUT2D eigenvalue weighted by molar-refractivity contribution is 5.76. The Balaban J connectivity index is 4.39. The first-order valence-corrected chi connectivity index (χ1v) is 6.61. The molecule has 0 bridgehead atoms. The van der Waals surface area contributed by atoms with Crippen molar-refractivity contribution in [1.29, 1.82) is 0 Å². The van der Waals surface area contributed by atoms with Crippen LogP contribution < -0.4 is 0 Å². The van der Waals surface area contributed by atoms with Gasteiger partial charge in [-0.25, -0.2) is 0 Å². The summed E-state index contributed by atoms with van der Waals surface area (Å²) in [5.41, 5.74) is -0.330. The molecule has 0 aromatic heterocycles. The summed E-state index contributed by atoms with van der Waals surface area (Å²) in [6.45, 7) is 9.76. The van der Waals surface area contributed by atoms with Gasteiger partial charge in [-0.3, -0.25) is 4.79 Å². The Morgan fingerprint density at radius 1 is 1.22 bits per heavy atom. The highest BCUT2D eigenvalue weighted by Crippen LogP contribution is 2.34. The van der Waals surface area contributed by atoms with E-state index in [0.29, 0.717) is 6.42 Å². The van der Waals surface area contributed by atoms with Gasteiger partial charge in [-0.2, -0.15) is 0 Å². The number of esters is 1. The maximum absolute atomic E-state index is 12.0. The quantitative estimate of drug-likeness (QED) is 0.688. The van der Waals surface area contributed by atoms with Gasteiger partial charge in [0, 0.05) is 0 Å². The maximum Gasteiger partial charge on any atom is 0.311 e. The minimum Gasteiger partial charge on any atom is -0.462 e. The van der Waals surface area contributed by atoms with Gasteiger partial charge in [0.2, 0.25) is 0 Å². The van der Waals surface area contributed by atoms with Crippen LogP contribution in [-0.4, -0.2) is 35.5 Å². The molecule has 0 fully saturated rings. The summed E-state index contributed by atoms with van der Waals surface area (Å²) in [5, 5.41) is 17.9. The first-order valence-electron chi connectivity index (χ1n) is 6.61. The maximum atomic E-state index is 12.0. The smallest absolute Gasteiger partial charge is 0.311 e. The van der Waals surface area contributed by atoms with Gasteiger partial charge in [-0.15, -0.1) is 0 Å². The van der Waals surface area contributed by atoms with Crippen LogP contribution in [0.1, 0.15) is 53.9 Å². The third-order valence-corrected chi connectivity index (χ3v) is 3.32. The summed E-state index contributed by atoms with van der Waals surface area (Å²) < 4.78 is 5.07. The normalized spacial score (nSPS) is 17.1. The molecule has 0 aromatic carbocycles. The predicted molar refractivity (Wildman–Crippen MR) is 71.1 cm³/mol. The summed E-state index contributed by atoms with van der Waals surface area (Å²) >= 11 is 0. The highest BCUT2D eigenvalue weighted by Gasteiger charge is 2.34. The van der Waals surface area contributed by atoms with Crippen molar-refractivity contribution in [1.82, 2.24) is 0 Å². The molecule has 2 unspecified atom stereocenters. The van der Waals surface area contributed by atoms with Crippen molar-refractivity contribution in [3.63, 3.8) is 0 Å². The third kappa shape index (κ3) is 6.36. The Morgan fingerprint density at radius 3 is 2.17 bits per heavy atom. The molecule has 0 saturated carbocycles. The zero-order valence-corrected chi connectivity index (χ0v) is 12.3. The van der Waals surface area contributed by atoms with E-state index in [2.05, 4.69) is 20.8 Å². The van der Waals surface area contributed by atoms with E-state index in [4.69, 9.17) is 9.84 Å². The molecule has 0 heterocycles. The van der Waals surface area contributed by atoms with E-state index >= 15 is 0 Å². The molecule has 0 aliphatic heterocycles. The number of rotatable bonds is 7. The van der Waals surface area contributed by atoms with Gasteiger partial charge < -0.3 is 14.9 Å². The Morgan fingerprint density at radius 2 is 1.78 bits per heavy atom. The van der Waals surface area contributed by atoms with Crippen LogP contribution in [0.5, 0.6) is 0 Å². The molecule has 18 heavy (non-hydrogen) atoms. The molecule has 0 rings (SSSR count). The predicted octanol–water partition coefficient (Wildman–Crippen LogP) is 2.13. The van der Waals surface area contributed by atoms with E-state index in [1.165, 1.54) is 0 Å². The second kappa shape index (κ2) is 7.10. The van der Waals surface area contributed by atoms with Crippen molar-refractivity contribution < 1.29 is 19.7 Å². The van der Waals surface area contributed by atoms with E-state index in [-0.39, 0.29) is 18.0 Å². The van der Waals surface area contributed by atoms with Gasteiger partial charge in [-0.1, -0.05) is 27.7 Å². The number of aliphatic hydroxyl groups is 2. The summed E-state index contributed by atoms with van der Waals surface area (Å²) in [5.74, 6) is -0.290. The molecule has 0 aliphatic carbocycles. The number of carbonyl (C=O) groups is 1. The summed E-state index contributed by atoms with van der Waals surface area (Å²) in [6.07, 6.45) is 1.42. The van der Waals surface area contributed by atoms with Gasteiger partial charge in [0.1, 0.15) is 12.7 Å². The van der Waals surface area contributed by atoms with Crippen LogP contribution in [0.15, 0.2) is 0 Å². The van der Waals surface area contributed by atoms with Crippen LogP contribution in [0.25, 0.3) is 0 Å². The lowest BCUT2D eigenvalue weighted by atomic mass is 9.77. The van der Waals surface area contributed by atoms with Crippen LogP contribution in [0.3, 0.4) is 0 Å². The molecular formula is C14H28O4. The van der Waals surface area contributed by atoms with Crippen LogP contribution in [0.2, 0.25) is 0 Å². The lowest BCUT2D eigenvalue weighted by Crippen LogP contribution is -2.33. The molecule has 0 aromatic rings. The Hall–Kier alpha value is -0.610. The third-order valence-electron chi connectivity index (χ3n) is 3.32. The van der Waals surface area contributed by atoms with E-state index in [9.17, 15) is 9.90 Å². The molecule has 4 nitrogen and oxygen atoms in total. The summed E-state index contributed by atoms with van der Waals surface area (Å²) in [7, 11) is 0. The molecule has 0 aliphatic rings. The summed E-state index contributed by atoms with van der Waals surface area (Å²) in [4.78, 5) is 12.0. The fourth-order valence-electron chi connectivity index (χ4n) is 1.47. The van der Waals surface area contributed by atoms with Gasteiger partial charge in [0.05, 0.1) is 12.0 Å². The molecule has 108 valence electrons. The van der Waals surface area contributed by atoms with Crippen molar-refractivity contribution >= 4 is 5.97 Å². The number of aliphatic hydroxyl groups excluding tert-OH is 2. The number of hydrogen-bond donors (Lipinski definition) is 2. The lowest BCUT2D eigenvalue weighted by Gasteiger charge is -2.29. The van der Waals surface area contributed by atoms with Crippen LogP contribution in [0.4, 0.5) is 0 Å². The molecule has 0 radical (unpaired) electrons. The fraction of sp³-hybridized carbons (Fsp3) is 0.929. The van der Waals surface area contributed by atoms with E-state index in [0.717, 1.165) is 12.8 Å². The van der Waals surface area contributed by atoms with Gasteiger partial charge in [0.25, 0.3) is 0 Å². The van der Waals surface area contributed by atoms with Crippen molar-refractivity contribution in [2.75, 3.05) is 13.2 Å². The van der Waals surface area contributed by atoms with Gasteiger partial charge in [0.15, 0.2) is 0 Å². The first-order chi connectivity index (χ1) is 8.14. The van der Waals surface area contributed by atoms with Gasteiger partial charge in [-0.05, 0) is 31.6 Å². The lowest BCUT2D eigenvalue weighted by molar-refractivity contribution is -0.159. The molecular weight excluding hydrogens is 232 g/mol. The van der Waals surface area contributed by atoms with Gasteiger partial charge >= 0.3 is 5.97 Å². The van der Waals surface area contributed by atoms with Crippen LogP contribution in [-0.2, 0) is 9.53 Å². The standard InChI is InChI=1S/C14H28O4/c1-6-14(5,8-7-13(2,3)4)12(17)18-10-11(16)9-15/h11,15-16H,6-10H2,1-5H3. The van der Waals surface area contributed by atoms with Crippen LogP contribution >= 0.6 is 0 Å². The molecule has 0 amide bonds. The van der Waals surface area contributed by atoms with Crippen molar-refractivity contribution in [2.45, 2.75) is 60.0 Å². The number of ether oxygens (including phenoxy) is 1. The largest absolute Gasteiger partial charge is 0.462 e. The minimum absolute atomic E-state index is 0.138. The topological polar surface area (TPSA) is 66.8 Å².